The Labute approximate surface area is 238 Å². The van der Waals surface area contributed by atoms with Gasteiger partial charge in [0.25, 0.3) is 5.91 Å². The van der Waals surface area contributed by atoms with Crippen LogP contribution < -0.4 is 15.1 Å². The molecule has 1 aromatic heterocycles. The van der Waals surface area contributed by atoms with Crippen molar-refractivity contribution < 1.29 is 14.0 Å². The van der Waals surface area contributed by atoms with Crippen LogP contribution in [-0.2, 0) is 0 Å². The molecule has 5 rings (SSSR count). The lowest BCUT2D eigenvalue weighted by Crippen LogP contribution is -2.63. The van der Waals surface area contributed by atoms with Gasteiger partial charge in [-0.1, -0.05) is 27.7 Å². The second-order valence-electron chi connectivity index (χ2n) is 13.5. The molecular weight excluding hydrogens is 505 g/mol. The van der Waals surface area contributed by atoms with E-state index < -0.39 is 0 Å². The van der Waals surface area contributed by atoms with Crippen molar-refractivity contribution in [2.75, 3.05) is 55.6 Å². The summed E-state index contributed by atoms with van der Waals surface area (Å²) in [6, 6.07) is 7.19. The Morgan fingerprint density at radius 3 is 2.27 bits per heavy atom. The number of nitrogens with one attached hydrogen (secondary N) is 1. The number of aromatic nitrogens is 1. The summed E-state index contributed by atoms with van der Waals surface area (Å²) in [5.74, 6) is 1.21. The number of rotatable bonds is 7. The number of hydrogen-bond acceptors (Lipinski definition) is 6. The van der Waals surface area contributed by atoms with Gasteiger partial charge in [0.2, 0.25) is 0 Å². The molecule has 3 fully saturated rings. The van der Waals surface area contributed by atoms with Crippen LogP contribution in [0, 0.1) is 29.5 Å². The normalized spacial score (nSPS) is 21.6. The summed E-state index contributed by atoms with van der Waals surface area (Å²) < 4.78 is 14.6. The third-order valence-corrected chi connectivity index (χ3v) is 9.39. The van der Waals surface area contributed by atoms with Crippen LogP contribution in [-0.4, -0.2) is 73.9 Å². The Balaban J connectivity index is 1.07. The van der Waals surface area contributed by atoms with Gasteiger partial charge in [-0.3, -0.25) is 14.5 Å². The molecule has 8 heteroatoms. The van der Waals surface area contributed by atoms with E-state index in [-0.39, 0.29) is 28.6 Å². The number of piperazine rings is 1. The molecule has 7 nitrogen and oxygen atoms in total. The number of anilines is 2. The van der Waals surface area contributed by atoms with E-state index in [9.17, 15) is 14.0 Å². The number of piperidine rings is 1. The van der Waals surface area contributed by atoms with E-state index in [0.29, 0.717) is 29.0 Å². The second-order valence-corrected chi connectivity index (χ2v) is 13.5. The van der Waals surface area contributed by atoms with E-state index in [1.54, 1.807) is 12.3 Å². The number of benzene rings is 1. The first-order valence-corrected chi connectivity index (χ1v) is 14.7. The number of halogens is 1. The van der Waals surface area contributed by atoms with E-state index >= 15 is 0 Å². The maximum absolute atomic E-state index is 14.6. The SMILES string of the molecule is Cc1cc(N2CCN(CC3CCN(c4ccc(C(=O)NC5C(C)(C)CC5(C)C)cn4)CC3)CC2)c(F)cc1C=O. The molecule has 0 bridgehead atoms. The van der Waals surface area contributed by atoms with E-state index in [2.05, 4.69) is 52.7 Å². The monoisotopic (exact) mass is 549 g/mol. The van der Waals surface area contributed by atoms with Gasteiger partial charge in [-0.25, -0.2) is 9.37 Å². The Kier molecular flexibility index (Phi) is 7.92. The van der Waals surface area contributed by atoms with Gasteiger partial charge in [0.05, 0.1) is 11.3 Å². The quantitative estimate of drug-likeness (QED) is 0.494. The number of carbonyl (C=O) groups excluding carboxylic acids is 2. The second kappa shape index (κ2) is 11.1. The molecular formula is C32H44FN5O2. The van der Waals surface area contributed by atoms with Gasteiger partial charge in [0, 0.05) is 63.6 Å². The molecule has 40 heavy (non-hydrogen) atoms. The zero-order valence-corrected chi connectivity index (χ0v) is 24.7. The van der Waals surface area contributed by atoms with Crippen molar-refractivity contribution in [2.45, 2.75) is 59.9 Å². The van der Waals surface area contributed by atoms with Crippen molar-refractivity contribution in [1.29, 1.82) is 0 Å². The van der Waals surface area contributed by atoms with E-state index in [1.165, 1.54) is 6.07 Å². The average Bonchev–Trinajstić information content (AvgIpc) is 2.93. The van der Waals surface area contributed by atoms with Crippen molar-refractivity contribution >= 4 is 23.7 Å². The predicted molar refractivity (Wildman–Crippen MR) is 158 cm³/mol. The van der Waals surface area contributed by atoms with Crippen molar-refractivity contribution in [3.63, 3.8) is 0 Å². The topological polar surface area (TPSA) is 68.8 Å². The summed E-state index contributed by atoms with van der Waals surface area (Å²) in [6.07, 6.45) is 5.75. The molecule has 2 aromatic rings. The standard InChI is InChI=1S/C32H44FN5O2/c1-22-16-27(26(33)17-25(22)20-39)37-14-12-36(13-15-37)19-23-8-10-38(11-9-23)28-7-6-24(18-34-28)29(40)35-30-31(2,3)21-32(30,4)5/h6-7,16-18,20,23,30H,8-15,19,21H2,1-5H3,(H,35,40). The van der Waals surface area contributed by atoms with Crippen LogP contribution in [0.15, 0.2) is 30.5 Å². The zero-order valence-electron chi connectivity index (χ0n) is 24.7. The summed E-state index contributed by atoms with van der Waals surface area (Å²) in [5.41, 5.74) is 2.68. The molecule has 1 aliphatic carbocycles. The first-order chi connectivity index (χ1) is 19.0. The summed E-state index contributed by atoms with van der Waals surface area (Å²) in [4.78, 5) is 35.6. The first-order valence-electron chi connectivity index (χ1n) is 14.7. The lowest BCUT2D eigenvalue weighted by Gasteiger charge is -2.57. The van der Waals surface area contributed by atoms with Gasteiger partial charge >= 0.3 is 0 Å². The largest absolute Gasteiger partial charge is 0.367 e. The summed E-state index contributed by atoms with van der Waals surface area (Å²) in [7, 11) is 0. The van der Waals surface area contributed by atoms with E-state index in [1.807, 2.05) is 19.1 Å². The Bertz CT molecular complexity index is 1210. The molecule has 0 atom stereocenters. The third-order valence-electron chi connectivity index (χ3n) is 9.39. The fourth-order valence-electron chi connectivity index (χ4n) is 7.55. The molecule has 0 radical (unpaired) electrons. The molecule has 1 N–H and O–H groups in total. The minimum absolute atomic E-state index is 0.0421. The Morgan fingerprint density at radius 2 is 1.70 bits per heavy atom. The first kappa shape index (κ1) is 28.5. The number of aldehydes is 1. The fourth-order valence-corrected chi connectivity index (χ4v) is 7.55. The predicted octanol–water partition coefficient (Wildman–Crippen LogP) is 4.93. The zero-order chi connectivity index (χ0) is 28.7. The molecule has 1 amide bonds. The number of carbonyl (C=O) groups is 2. The molecule has 3 heterocycles. The molecule has 1 aromatic carbocycles. The number of pyridine rings is 1. The molecule has 1 saturated carbocycles. The lowest BCUT2D eigenvalue weighted by molar-refractivity contribution is -0.0366. The molecule has 2 saturated heterocycles. The van der Waals surface area contributed by atoms with Crippen LogP contribution in [0.1, 0.15) is 73.2 Å². The van der Waals surface area contributed by atoms with E-state index in [0.717, 1.165) is 76.5 Å². The van der Waals surface area contributed by atoms with Gasteiger partial charge in [-0.15, -0.1) is 0 Å². The molecule has 216 valence electrons. The minimum Gasteiger partial charge on any atom is -0.367 e. The van der Waals surface area contributed by atoms with Gasteiger partial charge in [-0.05, 0) is 72.8 Å². The highest BCUT2D eigenvalue weighted by Crippen LogP contribution is 2.53. The van der Waals surface area contributed by atoms with Crippen LogP contribution in [0.25, 0.3) is 0 Å². The molecule has 0 unspecified atom stereocenters. The average molecular weight is 550 g/mol. The summed E-state index contributed by atoms with van der Waals surface area (Å²) in [5, 5.41) is 3.25. The lowest BCUT2D eigenvalue weighted by atomic mass is 9.52. The molecule has 3 aliphatic rings. The number of aryl methyl sites for hydroxylation is 1. The van der Waals surface area contributed by atoms with Crippen LogP contribution in [0.3, 0.4) is 0 Å². The van der Waals surface area contributed by atoms with Gasteiger partial charge in [0.15, 0.2) is 0 Å². The van der Waals surface area contributed by atoms with Gasteiger partial charge in [0.1, 0.15) is 17.9 Å². The van der Waals surface area contributed by atoms with Crippen molar-refractivity contribution in [1.82, 2.24) is 15.2 Å². The molecule has 0 spiro atoms. The van der Waals surface area contributed by atoms with Gasteiger partial charge in [-0.2, -0.15) is 0 Å². The minimum atomic E-state index is -0.318. The highest BCUT2D eigenvalue weighted by atomic mass is 19.1. The fraction of sp³-hybridized carbons (Fsp3) is 0.594. The number of nitrogens with zero attached hydrogens (tertiary/aromatic N) is 4. The van der Waals surface area contributed by atoms with Crippen molar-refractivity contribution in [2.24, 2.45) is 16.7 Å². The third kappa shape index (κ3) is 5.87. The summed E-state index contributed by atoms with van der Waals surface area (Å²) in [6.45, 7) is 17.1. The van der Waals surface area contributed by atoms with E-state index in [4.69, 9.17) is 0 Å². The van der Waals surface area contributed by atoms with Crippen molar-refractivity contribution in [3.8, 4) is 0 Å². The summed E-state index contributed by atoms with van der Waals surface area (Å²) >= 11 is 0. The smallest absolute Gasteiger partial charge is 0.253 e. The van der Waals surface area contributed by atoms with Crippen LogP contribution in [0.2, 0.25) is 0 Å². The maximum Gasteiger partial charge on any atom is 0.253 e. The van der Waals surface area contributed by atoms with Crippen LogP contribution >= 0.6 is 0 Å². The maximum atomic E-state index is 14.6. The van der Waals surface area contributed by atoms with Crippen molar-refractivity contribution in [3.05, 3.63) is 53.0 Å². The Hall–Kier alpha value is -3.00. The Morgan fingerprint density at radius 1 is 1.02 bits per heavy atom. The molecule has 2 aliphatic heterocycles. The van der Waals surface area contributed by atoms with Crippen LogP contribution in [0.5, 0.6) is 0 Å². The number of hydrogen-bond donors (Lipinski definition) is 1. The van der Waals surface area contributed by atoms with Gasteiger partial charge < -0.3 is 15.1 Å². The highest BCUT2D eigenvalue weighted by molar-refractivity contribution is 5.94. The van der Waals surface area contributed by atoms with Crippen LogP contribution in [0.4, 0.5) is 15.9 Å². The number of amides is 1. The highest BCUT2D eigenvalue weighted by Gasteiger charge is 2.53.